The Balaban J connectivity index is 2.32. The Labute approximate surface area is 202 Å². The first-order chi connectivity index (χ1) is 16.1. The van der Waals surface area contributed by atoms with Gasteiger partial charge in [0.1, 0.15) is 0 Å². The average Bonchev–Trinajstić information content (AvgIpc) is 2.81. The van der Waals surface area contributed by atoms with Gasteiger partial charge in [-0.1, -0.05) is 115 Å². The molecule has 0 spiro atoms. The second kappa shape index (κ2) is 19.6. The zero-order valence-corrected chi connectivity index (χ0v) is 21.6. The maximum absolute atomic E-state index is 12.6. The molecule has 0 saturated carbocycles. The maximum Gasteiger partial charge on any atom is 0.339 e. The summed E-state index contributed by atoms with van der Waals surface area (Å²) < 4.78 is 10.9. The van der Waals surface area contributed by atoms with E-state index in [0.717, 1.165) is 31.2 Å². The van der Waals surface area contributed by atoms with Crippen molar-refractivity contribution in [3.8, 4) is 0 Å². The summed E-state index contributed by atoms with van der Waals surface area (Å²) in [4.78, 5) is 25.2. The Kier molecular flexibility index (Phi) is 17.4. The lowest BCUT2D eigenvalue weighted by Crippen LogP contribution is -2.15. The number of aryl methyl sites for hydroxylation is 1. The Morgan fingerprint density at radius 3 is 1.42 bits per heavy atom. The van der Waals surface area contributed by atoms with Crippen molar-refractivity contribution in [3.05, 3.63) is 34.9 Å². The minimum absolute atomic E-state index is 0.307. The van der Waals surface area contributed by atoms with Crippen molar-refractivity contribution in [1.82, 2.24) is 0 Å². The topological polar surface area (TPSA) is 52.6 Å². The summed E-state index contributed by atoms with van der Waals surface area (Å²) in [5.74, 6) is -0.863. The number of rotatable bonds is 20. The van der Waals surface area contributed by atoms with Gasteiger partial charge in [0.15, 0.2) is 0 Å². The standard InChI is InChI=1S/C29H48O4/c1-4-6-8-10-12-14-16-18-22-32-28(30)26-21-20-25(3)24-27(26)29(31)33-23-19-17-15-13-11-9-7-5-2/h20-21,24H,4-19,22-23H2,1-3H3. The molecule has 4 heteroatoms. The van der Waals surface area contributed by atoms with Crippen molar-refractivity contribution in [1.29, 1.82) is 0 Å². The molecule has 0 fully saturated rings. The van der Waals surface area contributed by atoms with E-state index in [2.05, 4.69) is 13.8 Å². The average molecular weight is 461 g/mol. The van der Waals surface area contributed by atoms with Crippen molar-refractivity contribution >= 4 is 11.9 Å². The number of ether oxygens (including phenoxy) is 2. The van der Waals surface area contributed by atoms with Crippen LogP contribution < -0.4 is 0 Å². The smallest absolute Gasteiger partial charge is 0.339 e. The number of esters is 2. The third-order valence-corrected chi connectivity index (χ3v) is 6.08. The second-order valence-corrected chi connectivity index (χ2v) is 9.27. The molecule has 0 aliphatic carbocycles. The fourth-order valence-electron chi connectivity index (χ4n) is 3.96. The number of carbonyl (C=O) groups is 2. The highest BCUT2D eigenvalue weighted by Crippen LogP contribution is 2.16. The van der Waals surface area contributed by atoms with Gasteiger partial charge in [0.05, 0.1) is 24.3 Å². The lowest BCUT2D eigenvalue weighted by atomic mass is 10.0. The van der Waals surface area contributed by atoms with Gasteiger partial charge in [-0.3, -0.25) is 0 Å². The number of hydrogen-bond acceptors (Lipinski definition) is 4. The molecule has 188 valence electrons. The molecule has 0 amide bonds. The summed E-state index contributed by atoms with van der Waals surface area (Å²) in [7, 11) is 0. The first kappa shape index (κ1) is 29.2. The Hall–Kier alpha value is -1.84. The molecule has 0 N–H and O–H groups in total. The summed E-state index contributed by atoms with van der Waals surface area (Å²) >= 11 is 0. The SMILES string of the molecule is CCCCCCCCCCOC(=O)c1ccc(C)cc1C(=O)OCCCCCCCCCC. The number of hydrogen-bond donors (Lipinski definition) is 0. The van der Waals surface area contributed by atoms with E-state index in [1.165, 1.54) is 77.0 Å². The van der Waals surface area contributed by atoms with Gasteiger partial charge in [-0.15, -0.1) is 0 Å². The molecule has 4 nitrogen and oxygen atoms in total. The van der Waals surface area contributed by atoms with Crippen LogP contribution in [0.4, 0.5) is 0 Å². The van der Waals surface area contributed by atoms with E-state index in [1.54, 1.807) is 12.1 Å². The zero-order chi connectivity index (χ0) is 24.2. The van der Waals surface area contributed by atoms with Crippen molar-refractivity contribution in [2.75, 3.05) is 13.2 Å². The predicted molar refractivity (Wildman–Crippen MR) is 137 cm³/mol. The van der Waals surface area contributed by atoms with Crippen LogP contribution in [0.25, 0.3) is 0 Å². The van der Waals surface area contributed by atoms with Gasteiger partial charge in [-0.2, -0.15) is 0 Å². The van der Waals surface area contributed by atoms with E-state index in [0.29, 0.717) is 24.3 Å². The van der Waals surface area contributed by atoms with E-state index in [1.807, 2.05) is 13.0 Å². The summed E-state index contributed by atoms with van der Waals surface area (Å²) in [5, 5.41) is 0. The van der Waals surface area contributed by atoms with Crippen LogP contribution in [0.15, 0.2) is 18.2 Å². The Morgan fingerprint density at radius 1 is 0.576 bits per heavy atom. The van der Waals surface area contributed by atoms with Crippen molar-refractivity contribution in [2.45, 2.75) is 124 Å². The molecule has 1 rings (SSSR count). The van der Waals surface area contributed by atoms with E-state index < -0.39 is 11.9 Å². The second-order valence-electron chi connectivity index (χ2n) is 9.27. The van der Waals surface area contributed by atoms with Gasteiger partial charge in [-0.05, 0) is 31.9 Å². The largest absolute Gasteiger partial charge is 0.462 e. The molecule has 0 radical (unpaired) electrons. The molecule has 0 aliphatic rings. The summed E-state index contributed by atoms with van der Waals surface area (Å²) in [5.41, 5.74) is 1.55. The minimum atomic E-state index is -0.433. The molecule has 0 saturated heterocycles. The van der Waals surface area contributed by atoms with Gasteiger partial charge >= 0.3 is 11.9 Å². The predicted octanol–water partition coefficient (Wildman–Crippen LogP) is 8.59. The summed E-state index contributed by atoms with van der Waals surface area (Å²) in [6.07, 6.45) is 19.1. The molecule has 0 aliphatic heterocycles. The van der Waals surface area contributed by atoms with Crippen LogP contribution in [0.3, 0.4) is 0 Å². The van der Waals surface area contributed by atoms with Crippen LogP contribution in [-0.4, -0.2) is 25.2 Å². The van der Waals surface area contributed by atoms with Gasteiger partial charge in [0.2, 0.25) is 0 Å². The van der Waals surface area contributed by atoms with Crippen molar-refractivity contribution in [2.24, 2.45) is 0 Å². The first-order valence-corrected chi connectivity index (χ1v) is 13.5. The number of carbonyl (C=O) groups excluding carboxylic acids is 2. The van der Waals surface area contributed by atoms with Crippen LogP contribution in [0, 0.1) is 6.92 Å². The highest BCUT2D eigenvalue weighted by Gasteiger charge is 2.19. The third kappa shape index (κ3) is 14.1. The van der Waals surface area contributed by atoms with Gasteiger partial charge in [0.25, 0.3) is 0 Å². The summed E-state index contributed by atoms with van der Waals surface area (Å²) in [6.45, 7) is 7.16. The molecule has 0 aromatic heterocycles. The quantitative estimate of drug-likeness (QED) is 0.144. The van der Waals surface area contributed by atoms with Gasteiger partial charge in [0, 0.05) is 0 Å². The van der Waals surface area contributed by atoms with Crippen LogP contribution in [-0.2, 0) is 9.47 Å². The molecule has 1 aromatic carbocycles. The monoisotopic (exact) mass is 460 g/mol. The van der Waals surface area contributed by atoms with Crippen molar-refractivity contribution < 1.29 is 19.1 Å². The number of benzene rings is 1. The molecule has 0 bridgehead atoms. The Morgan fingerprint density at radius 2 is 0.970 bits per heavy atom. The molecule has 1 aromatic rings. The van der Waals surface area contributed by atoms with E-state index in [-0.39, 0.29) is 0 Å². The number of unbranched alkanes of at least 4 members (excludes halogenated alkanes) is 14. The Bertz CT molecular complexity index is 653. The maximum atomic E-state index is 12.6. The highest BCUT2D eigenvalue weighted by molar-refractivity contribution is 6.03. The molecular formula is C29H48O4. The highest BCUT2D eigenvalue weighted by atomic mass is 16.5. The van der Waals surface area contributed by atoms with E-state index in [9.17, 15) is 9.59 Å². The van der Waals surface area contributed by atoms with Gasteiger partial charge < -0.3 is 9.47 Å². The molecule has 0 atom stereocenters. The molecule has 33 heavy (non-hydrogen) atoms. The van der Waals surface area contributed by atoms with Crippen LogP contribution in [0.2, 0.25) is 0 Å². The van der Waals surface area contributed by atoms with Gasteiger partial charge in [-0.25, -0.2) is 9.59 Å². The molecular weight excluding hydrogens is 412 g/mol. The molecule has 0 heterocycles. The summed E-state index contributed by atoms with van der Waals surface area (Å²) in [6, 6.07) is 5.24. The fourth-order valence-corrected chi connectivity index (χ4v) is 3.96. The fraction of sp³-hybridized carbons (Fsp3) is 0.724. The lowest BCUT2D eigenvalue weighted by Gasteiger charge is -2.11. The first-order valence-electron chi connectivity index (χ1n) is 13.5. The molecule has 0 unspecified atom stereocenters. The normalized spacial score (nSPS) is 10.9. The van der Waals surface area contributed by atoms with Crippen LogP contribution in [0.1, 0.15) is 143 Å². The van der Waals surface area contributed by atoms with Crippen molar-refractivity contribution in [3.63, 3.8) is 0 Å². The zero-order valence-electron chi connectivity index (χ0n) is 21.6. The lowest BCUT2D eigenvalue weighted by molar-refractivity contribution is 0.0450. The van der Waals surface area contributed by atoms with E-state index in [4.69, 9.17) is 9.47 Å². The van der Waals surface area contributed by atoms with Crippen LogP contribution >= 0.6 is 0 Å². The van der Waals surface area contributed by atoms with E-state index >= 15 is 0 Å². The minimum Gasteiger partial charge on any atom is -0.462 e. The van der Waals surface area contributed by atoms with Crippen LogP contribution in [0.5, 0.6) is 0 Å². The third-order valence-electron chi connectivity index (χ3n) is 6.08.